The lowest BCUT2D eigenvalue weighted by Gasteiger charge is -2.09. The first-order chi connectivity index (χ1) is 9.26. The molecule has 1 aromatic carbocycles. The smallest absolute Gasteiger partial charge is 0.123 e. The van der Waals surface area contributed by atoms with Gasteiger partial charge in [0.25, 0.3) is 0 Å². The number of nitrogens with zero attached hydrogens (tertiary/aromatic N) is 2. The van der Waals surface area contributed by atoms with Crippen LogP contribution in [0.5, 0.6) is 0 Å². The molecule has 2 rings (SSSR count). The van der Waals surface area contributed by atoms with E-state index in [1.807, 2.05) is 25.1 Å². The van der Waals surface area contributed by atoms with Crippen molar-refractivity contribution >= 4 is 11.0 Å². The molecule has 0 aliphatic carbocycles. The van der Waals surface area contributed by atoms with Gasteiger partial charge >= 0.3 is 0 Å². The van der Waals surface area contributed by atoms with E-state index in [9.17, 15) is 5.11 Å². The summed E-state index contributed by atoms with van der Waals surface area (Å²) in [7, 11) is 0. The summed E-state index contributed by atoms with van der Waals surface area (Å²) in [6.45, 7) is 6.63. The average molecular weight is 261 g/mol. The summed E-state index contributed by atoms with van der Waals surface area (Å²) in [5.74, 6) is 1.06. The molecule has 0 saturated carbocycles. The van der Waals surface area contributed by atoms with E-state index in [1.54, 1.807) is 0 Å². The largest absolute Gasteiger partial charge is 0.393 e. The monoisotopic (exact) mass is 261 g/mol. The van der Waals surface area contributed by atoms with Crippen LogP contribution in [-0.2, 0) is 13.1 Å². The molecule has 0 radical (unpaired) electrons. The van der Waals surface area contributed by atoms with Gasteiger partial charge in [-0.2, -0.15) is 0 Å². The van der Waals surface area contributed by atoms with Crippen LogP contribution in [0.1, 0.15) is 32.5 Å². The lowest BCUT2D eigenvalue weighted by molar-refractivity contribution is 0.159. The SMILES string of the molecule is CCC(O)CCNCc1nc2ccccc2n1CC. The highest BCUT2D eigenvalue weighted by atomic mass is 16.3. The molecule has 2 aromatic rings. The number of fused-ring (bicyclic) bond motifs is 1. The number of rotatable bonds is 7. The molecule has 0 bridgehead atoms. The molecule has 0 spiro atoms. The van der Waals surface area contributed by atoms with Gasteiger partial charge < -0.3 is 15.0 Å². The first-order valence-corrected chi connectivity index (χ1v) is 7.09. The van der Waals surface area contributed by atoms with Crippen LogP contribution in [0, 0.1) is 0 Å². The molecule has 0 saturated heterocycles. The molecular weight excluding hydrogens is 238 g/mol. The standard InChI is InChI=1S/C15H23N3O/c1-3-12(19)9-10-16-11-15-17-13-7-5-6-8-14(13)18(15)4-2/h5-8,12,16,19H,3-4,9-11H2,1-2H3. The molecule has 104 valence electrons. The van der Waals surface area contributed by atoms with E-state index in [1.165, 1.54) is 5.52 Å². The number of imidazole rings is 1. The maximum Gasteiger partial charge on any atom is 0.123 e. The van der Waals surface area contributed by atoms with E-state index in [-0.39, 0.29) is 6.10 Å². The zero-order chi connectivity index (χ0) is 13.7. The highest BCUT2D eigenvalue weighted by Gasteiger charge is 2.08. The lowest BCUT2D eigenvalue weighted by atomic mass is 10.2. The van der Waals surface area contributed by atoms with Crippen LogP contribution in [0.2, 0.25) is 0 Å². The maximum atomic E-state index is 9.51. The fourth-order valence-corrected chi connectivity index (χ4v) is 2.29. The number of aliphatic hydroxyl groups excluding tert-OH is 1. The maximum absolute atomic E-state index is 9.51. The van der Waals surface area contributed by atoms with Crippen LogP contribution in [0.25, 0.3) is 11.0 Å². The zero-order valence-corrected chi connectivity index (χ0v) is 11.8. The number of benzene rings is 1. The molecule has 4 heteroatoms. The van der Waals surface area contributed by atoms with E-state index in [2.05, 4.69) is 27.9 Å². The second-order valence-electron chi connectivity index (χ2n) is 4.79. The highest BCUT2D eigenvalue weighted by molar-refractivity contribution is 5.75. The summed E-state index contributed by atoms with van der Waals surface area (Å²) in [5.41, 5.74) is 2.24. The Hall–Kier alpha value is -1.39. The van der Waals surface area contributed by atoms with Gasteiger partial charge in [0, 0.05) is 6.54 Å². The Morgan fingerprint density at radius 3 is 2.84 bits per heavy atom. The Morgan fingerprint density at radius 2 is 2.11 bits per heavy atom. The summed E-state index contributed by atoms with van der Waals surface area (Å²) < 4.78 is 2.23. The minimum Gasteiger partial charge on any atom is -0.393 e. The van der Waals surface area contributed by atoms with E-state index >= 15 is 0 Å². The minimum absolute atomic E-state index is 0.197. The molecule has 0 aliphatic heterocycles. The number of aryl methyl sites for hydroxylation is 1. The van der Waals surface area contributed by atoms with Crippen LogP contribution in [0.3, 0.4) is 0 Å². The van der Waals surface area contributed by atoms with Crippen molar-refractivity contribution in [3.05, 3.63) is 30.1 Å². The summed E-state index contributed by atoms with van der Waals surface area (Å²) >= 11 is 0. The van der Waals surface area contributed by atoms with Crippen LogP contribution < -0.4 is 5.32 Å². The van der Waals surface area contributed by atoms with Crippen LogP contribution in [0.15, 0.2) is 24.3 Å². The van der Waals surface area contributed by atoms with Gasteiger partial charge in [0.05, 0.1) is 23.7 Å². The van der Waals surface area contributed by atoms with Gasteiger partial charge in [-0.05, 0) is 38.4 Å². The molecule has 0 fully saturated rings. The summed E-state index contributed by atoms with van der Waals surface area (Å²) in [6, 6.07) is 8.22. The number of aromatic nitrogens is 2. The fraction of sp³-hybridized carbons (Fsp3) is 0.533. The van der Waals surface area contributed by atoms with E-state index in [0.717, 1.165) is 43.8 Å². The zero-order valence-electron chi connectivity index (χ0n) is 11.8. The van der Waals surface area contributed by atoms with Gasteiger partial charge in [0.2, 0.25) is 0 Å². The number of para-hydroxylation sites is 2. The van der Waals surface area contributed by atoms with Crippen molar-refractivity contribution in [1.29, 1.82) is 0 Å². The Balaban J connectivity index is 2.00. The number of hydrogen-bond donors (Lipinski definition) is 2. The van der Waals surface area contributed by atoms with Gasteiger partial charge in [-0.1, -0.05) is 19.1 Å². The molecule has 0 amide bonds. The molecule has 4 nitrogen and oxygen atoms in total. The minimum atomic E-state index is -0.197. The highest BCUT2D eigenvalue weighted by Crippen LogP contribution is 2.15. The first-order valence-electron chi connectivity index (χ1n) is 7.09. The lowest BCUT2D eigenvalue weighted by Crippen LogP contribution is -2.21. The number of aliphatic hydroxyl groups is 1. The summed E-state index contributed by atoms with van der Waals surface area (Å²) in [6.07, 6.45) is 1.41. The fourth-order valence-electron chi connectivity index (χ4n) is 2.29. The van der Waals surface area contributed by atoms with E-state index < -0.39 is 0 Å². The Morgan fingerprint density at radius 1 is 1.32 bits per heavy atom. The summed E-state index contributed by atoms with van der Waals surface area (Å²) in [4.78, 5) is 4.66. The normalized spacial score (nSPS) is 13.0. The second kappa shape index (κ2) is 6.68. The molecule has 1 atom stereocenters. The van der Waals surface area contributed by atoms with Gasteiger partial charge in [0.1, 0.15) is 5.82 Å². The molecule has 1 aromatic heterocycles. The number of nitrogens with one attached hydrogen (secondary N) is 1. The molecule has 1 unspecified atom stereocenters. The van der Waals surface area contributed by atoms with Crippen molar-refractivity contribution in [3.63, 3.8) is 0 Å². The third kappa shape index (κ3) is 3.33. The Kier molecular flexibility index (Phi) is 4.93. The molecule has 2 N–H and O–H groups in total. The third-order valence-corrected chi connectivity index (χ3v) is 3.46. The van der Waals surface area contributed by atoms with Gasteiger partial charge in [-0.15, -0.1) is 0 Å². The molecule has 19 heavy (non-hydrogen) atoms. The van der Waals surface area contributed by atoms with Crippen molar-refractivity contribution in [2.75, 3.05) is 6.54 Å². The van der Waals surface area contributed by atoms with Crippen LogP contribution >= 0.6 is 0 Å². The number of hydrogen-bond acceptors (Lipinski definition) is 3. The average Bonchev–Trinajstić information content (AvgIpc) is 2.80. The molecule has 1 heterocycles. The molecule has 0 aliphatic rings. The van der Waals surface area contributed by atoms with E-state index in [4.69, 9.17) is 0 Å². The van der Waals surface area contributed by atoms with Crippen molar-refractivity contribution in [3.8, 4) is 0 Å². The predicted octanol–water partition coefficient (Wildman–Crippen LogP) is 2.31. The van der Waals surface area contributed by atoms with Crippen LogP contribution in [0.4, 0.5) is 0 Å². The topological polar surface area (TPSA) is 50.1 Å². The van der Waals surface area contributed by atoms with Crippen molar-refractivity contribution in [2.24, 2.45) is 0 Å². The second-order valence-corrected chi connectivity index (χ2v) is 4.79. The predicted molar refractivity (Wildman–Crippen MR) is 78.0 cm³/mol. The summed E-state index contributed by atoms with van der Waals surface area (Å²) in [5, 5.41) is 12.9. The van der Waals surface area contributed by atoms with Crippen molar-refractivity contribution < 1.29 is 5.11 Å². The third-order valence-electron chi connectivity index (χ3n) is 3.46. The van der Waals surface area contributed by atoms with Gasteiger partial charge in [0.15, 0.2) is 0 Å². The van der Waals surface area contributed by atoms with Gasteiger partial charge in [-0.3, -0.25) is 0 Å². The first kappa shape index (κ1) is 14.0. The van der Waals surface area contributed by atoms with Crippen LogP contribution in [-0.4, -0.2) is 27.3 Å². The molecular formula is C15H23N3O. The van der Waals surface area contributed by atoms with Crippen molar-refractivity contribution in [2.45, 2.75) is 45.9 Å². The van der Waals surface area contributed by atoms with Gasteiger partial charge in [-0.25, -0.2) is 4.98 Å². The Labute approximate surface area is 114 Å². The van der Waals surface area contributed by atoms with E-state index in [0.29, 0.717) is 0 Å². The van der Waals surface area contributed by atoms with Crippen molar-refractivity contribution in [1.82, 2.24) is 14.9 Å². The Bertz CT molecular complexity index is 521. The quantitative estimate of drug-likeness (QED) is 0.752.